The molecule has 0 N–H and O–H groups in total. The Kier molecular flexibility index (Phi) is 7.45. The zero-order chi connectivity index (χ0) is 28.7. The van der Waals surface area contributed by atoms with Crippen molar-refractivity contribution in [3.63, 3.8) is 0 Å². The van der Waals surface area contributed by atoms with Crippen molar-refractivity contribution in [2.24, 2.45) is 11.8 Å². The van der Waals surface area contributed by atoms with E-state index in [4.69, 9.17) is 21.3 Å². The van der Waals surface area contributed by atoms with Gasteiger partial charge in [0.2, 0.25) is 11.8 Å². The minimum Gasteiger partial charge on any atom is -0.454 e. The third-order valence-corrected chi connectivity index (χ3v) is 8.61. The van der Waals surface area contributed by atoms with Gasteiger partial charge in [-0.1, -0.05) is 76.8 Å². The number of ketones is 1. The standard InChI is InChI=1S/C32H24BrClN2O5/c33-20-12-8-19(9-13-20)28(37)17-41-32(40)25-16-27(35-29-22(25)6-3-7-26(29)34)18-10-14-21(15-11-18)36-30(38)23-4-1-2-5-24(23)31(36)39/h3,6-16,23-24H,1-2,4-5,17H2/t23-,24+. The second kappa shape index (κ2) is 11.2. The number of fused-ring (bicyclic) bond motifs is 2. The molecule has 1 aromatic heterocycles. The Morgan fingerprint density at radius 1 is 0.927 bits per heavy atom. The number of nitrogens with zero attached hydrogens (tertiary/aromatic N) is 2. The molecule has 0 radical (unpaired) electrons. The Bertz CT molecular complexity index is 1680. The van der Waals surface area contributed by atoms with Crippen LogP contribution in [-0.2, 0) is 14.3 Å². The Morgan fingerprint density at radius 3 is 2.24 bits per heavy atom. The fraction of sp³-hybridized carbons (Fsp3) is 0.219. The quantitative estimate of drug-likeness (QED) is 0.129. The summed E-state index contributed by atoms with van der Waals surface area (Å²) in [6, 6.07) is 20.5. The van der Waals surface area contributed by atoms with Crippen LogP contribution in [0.25, 0.3) is 22.2 Å². The second-order valence-electron chi connectivity index (χ2n) is 10.3. The number of esters is 1. The van der Waals surface area contributed by atoms with Crippen LogP contribution in [0.15, 0.2) is 77.3 Å². The smallest absolute Gasteiger partial charge is 0.339 e. The summed E-state index contributed by atoms with van der Waals surface area (Å²) in [5.41, 5.74) is 2.69. The van der Waals surface area contributed by atoms with Gasteiger partial charge in [-0.2, -0.15) is 0 Å². The molecule has 0 bridgehead atoms. The fourth-order valence-corrected chi connectivity index (χ4v) is 6.14. The predicted octanol–water partition coefficient (Wildman–Crippen LogP) is 7.04. The van der Waals surface area contributed by atoms with E-state index in [1.807, 2.05) is 0 Å². The van der Waals surface area contributed by atoms with Crippen molar-refractivity contribution in [2.75, 3.05) is 11.5 Å². The fourth-order valence-electron chi connectivity index (χ4n) is 5.66. The van der Waals surface area contributed by atoms with Crippen LogP contribution in [0.1, 0.15) is 46.4 Å². The number of hydrogen-bond donors (Lipinski definition) is 0. The van der Waals surface area contributed by atoms with Gasteiger partial charge in [-0.15, -0.1) is 0 Å². The first-order valence-electron chi connectivity index (χ1n) is 13.4. The van der Waals surface area contributed by atoms with E-state index in [0.29, 0.717) is 38.4 Å². The minimum absolute atomic E-state index is 0.134. The monoisotopic (exact) mass is 630 g/mol. The van der Waals surface area contributed by atoms with Crippen molar-refractivity contribution in [1.29, 1.82) is 0 Å². The van der Waals surface area contributed by atoms with Crippen molar-refractivity contribution >= 4 is 67.7 Å². The van der Waals surface area contributed by atoms with Gasteiger partial charge in [-0.3, -0.25) is 19.3 Å². The van der Waals surface area contributed by atoms with Crippen LogP contribution in [-0.4, -0.2) is 35.2 Å². The third-order valence-electron chi connectivity index (χ3n) is 7.77. The maximum Gasteiger partial charge on any atom is 0.339 e. The molecule has 6 rings (SSSR count). The Balaban J connectivity index is 1.28. The lowest BCUT2D eigenvalue weighted by atomic mass is 9.81. The first-order chi connectivity index (χ1) is 19.8. The maximum absolute atomic E-state index is 13.2. The van der Waals surface area contributed by atoms with Crippen LogP contribution < -0.4 is 4.90 Å². The van der Waals surface area contributed by atoms with E-state index in [9.17, 15) is 19.2 Å². The lowest BCUT2D eigenvalue weighted by molar-refractivity contribution is -0.122. The second-order valence-corrected chi connectivity index (χ2v) is 11.6. The number of ether oxygens (including phenoxy) is 1. The number of rotatable bonds is 6. The van der Waals surface area contributed by atoms with Crippen molar-refractivity contribution in [1.82, 2.24) is 4.98 Å². The van der Waals surface area contributed by atoms with Gasteiger partial charge in [0.15, 0.2) is 12.4 Å². The highest BCUT2D eigenvalue weighted by Crippen LogP contribution is 2.40. The number of halogens is 2. The average molecular weight is 632 g/mol. The number of para-hydroxylation sites is 1. The van der Waals surface area contributed by atoms with Crippen LogP contribution in [0, 0.1) is 11.8 Å². The van der Waals surface area contributed by atoms with Crippen molar-refractivity contribution in [3.8, 4) is 11.3 Å². The highest BCUT2D eigenvalue weighted by Gasteiger charge is 2.48. The molecule has 2 heterocycles. The molecule has 206 valence electrons. The number of pyridine rings is 1. The molecular weight excluding hydrogens is 608 g/mol. The van der Waals surface area contributed by atoms with Gasteiger partial charge in [0.1, 0.15) is 0 Å². The number of carbonyl (C=O) groups excluding carboxylic acids is 4. The summed E-state index contributed by atoms with van der Waals surface area (Å²) >= 11 is 9.80. The molecular formula is C32H24BrClN2O5. The molecule has 41 heavy (non-hydrogen) atoms. The van der Waals surface area contributed by atoms with E-state index in [1.165, 1.54) is 4.90 Å². The molecule has 3 aromatic carbocycles. The summed E-state index contributed by atoms with van der Waals surface area (Å²) in [4.78, 5) is 57.9. The summed E-state index contributed by atoms with van der Waals surface area (Å²) in [6.07, 6.45) is 3.43. The summed E-state index contributed by atoms with van der Waals surface area (Å²) in [5.74, 6) is -1.74. The Labute approximate surface area is 249 Å². The summed E-state index contributed by atoms with van der Waals surface area (Å²) in [5, 5.41) is 0.853. The van der Waals surface area contributed by atoms with Gasteiger partial charge in [-0.05, 0) is 49.2 Å². The number of amides is 2. The highest BCUT2D eigenvalue weighted by atomic mass is 79.9. The first kappa shape index (κ1) is 27.3. The topological polar surface area (TPSA) is 93.6 Å². The van der Waals surface area contributed by atoms with Crippen molar-refractivity contribution in [3.05, 3.63) is 93.4 Å². The summed E-state index contributed by atoms with van der Waals surface area (Å²) in [6.45, 7) is -0.422. The molecule has 4 aromatic rings. The van der Waals surface area contributed by atoms with Gasteiger partial charge in [0, 0.05) is 21.0 Å². The van der Waals surface area contributed by atoms with E-state index < -0.39 is 12.6 Å². The number of anilines is 1. The molecule has 0 spiro atoms. The SMILES string of the molecule is O=C(COC(=O)c1cc(-c2ccc(N3C(=O)[C@H]4CCCC[C@H]4C3=O)cc2)nc2c(Cl)cccc12)c1ccc(Br)cc1. The molecule has 1 aliphatic carbocycles. The van der Waals surface area contributed by atoms with Crippen LogP contribution in [0.4, 0.5) is 5.69 Å². The first-order valence-corrected chi connectivity index (χ1v) is 14.5. The summed E-state index contributed by atoms with van der Waals surface area (Å²) < 4.78 is 6.25. The van der Waals surface area contributed by atoms with Gasteiger partial charge in [-0.25, -0.2) is 9.78 Å². The van der Waals surface area contributed by atoms with Crippen LogP contribution in [0.5, 0.6) is 0 Å². The molecule has 1 aliphatic heterocycles. The lowest BCUT2D eigenvalue weighted by Crippen LogP contribution is -2.30. The molecule has 1 saturated heterocycles. The molecule has 1 saturated carbocycles. The van der Waals surface area contributed by atoms with E-state index in [0.717, 1.165) is 30.2 Å². The van der Waals surface area contributed by atoms with Crippen LogP contribution in [0.3, 0.4) is 0 Å². The lowest BCUT2D eigenvalue weighted by Gasteiger charge is -2.19. The van der Waals surface area contributed by atoms with E-state index in [1.54, 1.807) is 72.8 Å². The number of carbonyl (C=O) groups is 4. The van der Waals surface area contributed by atoms with Gasteiger partial charge in [0.25, 0.3) is 0 Å². The van der Waals surface area contributed by atoms with Gasteiger partial charge >= 0.3 is 5.97 Å². The van der Waals surface area contributed by atoms with Crippen LogP contribution >= 0.6 is 27.5 Å². The molecule has 2 fully saturated rings. The van der Waals surface area contributed by atoms with Gasteiger partial charge < -0.3 is 4.74 Å². The summed E-state index contributed by atoms with van der Waals surface area (Å²) in [7, 11) is 0. The van der Waals surface area contributed by atoms with Crippen molar-refractivity contribution in [2.45, 2.75) is 25.7 Å². The Hall–Kier alpha value is -3.88. The molecule has 2 amide bonds. The third kappa shape index (κ3) is 5.18. The number of benzene rings is 3. The van der Waals surface area contributed by atoms with Crippen molar-refractivity contribution < 1.29 is 23.9 Å². The molecule has 7 nitrogen and oxygen atoms in total. The number of aromatic nitrogens is 1. The molecule has 2 atom stereocenters. The van der Waals surface area contributed by atoms with Gasteiger partial charge in [0.05, 0.1) is 39.3 Å². The van der Waals surface area contributed by atoms with E-state index in [-0.39, 0.29) is 35.0 Å². The largest absolute Gasteiger partial charge is 0.454 e. The average Bonchev–Trinajstić information content (AvgIpc) is 3.25. The number of imide groups is 1. The van der Waals surface area contributed by atoms with E-state index >= 15 is 0 Å². The minimum atomic E-state index is -0.682. The zero-order valence-corrected chi connectivity index (χ0v) is 24.2. The Morgan fingerprint density at radius 2 is 1.59 bits per heavy atom. The maximum atomic E-state index is 13.2. The number of Topliss-reactive ketones (excluding diaryl/α,β-unsaturated/α-hetero) is 1. The molecule has 2 aliphatic rings. The van der Waals surface area contributed by atoms with Crippen LogP contribution in [0.2, 0.25) is 5.02 Å². The highest BCUT2D eigenvalue weighted by molar-refractivity contribution is 9.10. The molecule has 0 unspecified atom stereocenters. The molecule has 9 heteroatoms. The zero-order valence-electron chi connectivity index (χ0n) is 21.8. The predicted molar refractivity (Wildman–Crippen MR) is 159 cm³/mol. The normalized spacial score (nSPS) is 18.4. The number of hydrogen-bond acceptors (Lipinski definition) is 6. The van der Waals surface area contributed by atoms with E-state index in [2.05, 4.69) is 15.9 Å².